The fourth-order valence-electron chi connectivity index (χ4n) is 2.51. The van der Waals surface area contributed by atoms with Crippen molar-refractivity contribution in [3.8, 4) is 0 Å². The lowest BCUT2D eigenvalue weighted by Crippen LogP contribution is -2.25. The van der Waals surface area contributed by atoms with Gasteiger partial charge in [0.15, 0.2) is 0 Å². The second-order valence-corrected chi connectivity index (χ2v) is 5.79. The summed E-state index contributed by atoms with van der Waals surface area (Å²) >= 11 is 3.64. The topological polar surface area (TPSA) is 47.7 Å². The average molecular weight is 340 g/mol. The minimum Gasteiger partial charge on any atom is -0.305 e. The molecular weight excluding hydrogens is 318 g/mol. The van der Waals surface area contributed by atoms with Gasteiger partial charge in [-0.05, 0) is 35.8 Å². The highest BCUT2D eigenvalue weighted by molar-refractivity contribution is 9.10. The van der Waals surface area contributed by atoms with Crippen LogP contribution in [0.15, 0.2) is 16.9 Å². The first-order valence-corrected chi connectivity index (χ1v) is 7.82. The summed E-state index contributed by atoms with van der Waals surface area (Å²) in [6.07, 6.45) is 5.02. The van der Waals surface area contributed by atoms with E-state index in [0.29, 0.717) is 0 Å². The van der Waals surface area contributed by atoms with Crippen LogP contribution in [0.3, 0.4) is 0 Å². The largest absolute Gasteiger partial charge is 0.305 e. The third-order valence-electron chi connectivity index (χ3n) is 3.31. The van der Waals surface area contributed by atoms with Crippen LogP contribution in [0.5, 0.6) is 0 Å². The van der Waals surface area contributed by atoms with Gasteiger partial charge >= 0.3 is 0 Å². The molecule has 110 valence electrons. The Labute approximate surface area is 128 Å². The van der Waals surface area contributed by atoms with E-state index in [1.165, 1.54) is 11.3 Å². The molecule has 1 atom stereocenters. The number of hydrogen-bond acceptors (Lipinski definition) is 3. The quantitative estimate of drug-likeness (QED) is 0.880. The molecule has 0 aliphatic heterocycles. The number of nitrogens with zero attached hydrogens (tertiary/aromatic N) is 4. The number of halogens is 1. The van der Waals surface area contributed by atoms with Crippen molar-refractivity contribution in [3.05, 3.63) is 33.8 Å². The molecule has 0 saturated heterocycles. The molecule has 0 radical (unpaired) electrons. The maximum absolute atomic E-state index is 4.47. The normalized spacial score (nSPS) is 12.8. The summed E-state index contributed by atoms with van der Waals surface area (Å²) < 4.78 is 4.98. The van der Waals surface area contributed by atoms with E-state index in [9.17, 15) is 0 Å². The van der Waals surface area contributed by atoms with Gasteiger partial charge in [0.05, 0.1) is 28.1 Å². The Morgan fingerprint density at radius 2 is 2.15 bits per heavy atom. The van der Waals surface area contributed by atoms with Crippen molar-refractivity contribution >= 4 is 15.9 Å². The van der Waals surface area contributed by atoms with Crippen molar-refractivity contribution in [1.82, 2.24) is 24.9 Å². The molecule has 20 heavy (non-hydrogen) atoms. The summed E-state index contributed by atoms with van der Waals surface area (Å²) in [6.45, 7) is 8.14. The van der Waals surface area contributed by atoms with Crippen molar-refractivity contribution in [2.75, 3.05) is 6.54 Å². The van der Waals surface area contributed by atoms with E-state index in [0.717, 1.165) is 29.7 Å². The Kier molecular flexibility index (Phi) is 4.99. The van der Waals surface area contributed by atoms with E-state index in [4.69, 9.17) is 0 Å². The van der Waals surface area contributed by atoms with E-state index >= 15 is 0 Å². The highest BCUT2D eigenvalue weighted by atomic mass is 79.9. The minimum absolute atomic E-state index is 0.108. The lowest BCUT2D eigenvalue weighted by atomic mass is 10.0. The molecule has 0 spiro atoms. The first-order chi connectivity index (χ1) is 9.58. The number of rotatable bonds is 6. The first-order valence-electron chi connectivity index (χ1n) is 7.03. The first kappa shape index (κ1) is 15.3. The molecule has 5 nitrogen and oxygen atoms in total. The molecule has 0 fully saturated rings. The van der Waals surface area contributed by atoms with Gasteiger partial charge in [-0.25, -0.2) is 0 Å². The smallest absolute Gasteiger partial charge is 0.0793 e. The maximum atomic E-state index is 4.47. The molecule has 1 unspecified atom stereocenters. The molecule has 2 aromatic heterocycles. The van der Waals surface area contributed by atoms with Crippen LogP contribution in [-0.2, 0) is 13.6 Å². The summed E-state index contributed by atoms with van der Waals surface area (Å²) in [6, 6.07) is 0.108. The molecule has 1 N–H and O–H groups in total. The van der Waals surface area contributed by atoms with Crippen LogP contribution >= 0.6 is 15.9 Å². The van der Waals surface area contributed by atoms with Gasteiger partial charge in [-0.2, -0.15) is 10.2 Å². The van der Waals surface area contributed by atoms with Crippen molar-refractivity contribution in [2.24, 2.45) is 7.05 Å². The Bertz CT molecular complexity index is 572. The Morgan fingerprint density at radius 1 is 1.40 bits per heavy atom. The molecule has 2 aromatic rings. The van der Waals surface area contributed by atoms with Crippen molar-refractivity contribution in [2.45, 2.75) is 39.8 Å². The Balaban J connectivity index is 2.48. The van der Waals surface area contributed by atoms with Gasteiger partial charge in [0.25, 0.3) is 0 Å². The van der Waals surface area contributed by atoms with E-state index in [1.54, 1.807) is 0 Å². The maximum Gasteiger partial charge on any atom is 0.0793 e. The van der Waals surface area contributed by atoms with Crippen LogP contribution in [0.4, 0.5) is 0 Å². The lowest BCUT2D eigenvalue weighted by Gasteiger charge is -2.20. The summed E-state index contributed by atoms with van der Waals surface area (Å²) in [5.74, 6) is 0. The number of hydrogen-bond donors (Lipinski definition) is 1. The molecule has 2 heterocycles. The lowest BCUT2D eigenvalue weighted by molar-refractivity contribution is 0.518. The highest BCUT2D eigenvalue weighted by Crippen LogP contribution is 2.30. The Hall–Kier alpha value is -1.14. The molecule has 0 aliphatic carbocycles. The van der Waals surface area contributed by atoms with Gasteiger partial charge < -0.3 is 5.32 Å². The van der Waals surface area contributed by atoms with Crippen molar-refractivity contribution in [1.29, 1.82) is 0 Å². The zero-order valence-electron chi connectivity index (χ0n) is 12.5. The van der Waals surface area contributed by atoms with Crippen LogP contribution in [-0.4, -0.2) is 26.1 Å². The average Bonchev–Trinajstić information content (AvgIpc) is 2.91. The third kappa shape index (κ3) is 2.96. The van der Waals surface area contributed by atoms with Gasteiger partial charge in [0.2, 0.25) is 0 Å². The fraction of sp³-hybridized carbons (Fsp3) is 0.571. The fourth-order valence-corrected chi connectivity index (χ4v) is 3.03. The molecule has 0 bridgehead atoms. The summed E-state index contributed by atoms with van der Waals surface area (Å²) in [5.41, 5.74) is 3.42. The minimum atomic E-state index is 0.108. The van der Waals surface area contributed by atoms with Crippen LogP contribution in [0.2, 0.25) is 0 Å². The van der Waals surface area contributed by atoms with Crippen LogP contribution < -0.4 is 5.32 Å². The summed E-state index contributed by atoms with van der Waals surface area (Å²) in [7, 11) is 1.96. The summed E-state index contributed by atoms with van der Waals surface area (Å²) in [4.78, 5) is 0. The zero-order valence-corrected chi connectivity index (χ0v) is 14.1. The van der Waals surface area contributed by atoms with Crippen molar-refractivity contribution in [3.63, 3.8) is 0 Å². The van der Waals surface area contributed by atoms with E-state index in [-0.39, 0.29) is 6.04 Å². The standard InChI is InChI=1S/C14H22BrN5/c1-5-7-20-14(12(15)8-17-20)13(16-6-2)11-9-19(4)18-10(11)3/h8-9,13,16H,5-7H2,1-4H3. The van der Waals surface area contributed by atoms with Gasteiger partial charge in [-0.1, -0.05) is 13.8 Å². The monoisotopic (exact) mass is 339 g/mol. The second kappa shape index (κ2) is 6.54. The molecule has 0 saturated carbocycles. The Morgan fingerprint density at radius 3 is 2.70 bits per heavy atom. The molecule has 0 amide bonds. The van der Waals surface area contributed by atoms with E-state index < -0.39 is 0 Å². The summed E-state index contributed by atoms with van der Waals surface area (Å²) in [5, 5.41) is 12.5. The second-order valence-electron chi connectivity index (χ2n) is 4.94. The predicted octanol–water partition coefficient (Wildman–Crippen LogP) is 2.80. The highest BCUT2D eigenvalue weighted by Gasteiger charge is 2.24. The molecule has 6 heteroatoms. The van der Waals surface area contributed by atoms with Crippen LogP contribution in [0.1, 0.15) is 43.3 Å². The van der Waals surface area contributed by atoms with Gasteiger partial charge in [-0.3, -0.25) is 9.36 Å². The van der Waals surface area contributed by atoms with Crippen molar-refractivity contribution < 1.29 is 0 Å². The predicted molar refractivity (Wildman–Crippen MR) is 83.7 cm³/mol. The SMILES string of the molecule is CCCn1ncc(Br)c1C(NCC)c1cn(C)nc1C. The van der Waals surface area contributed by atoms with Gasteiger partial charge in [0.1, 0.15) is 0 Å². The van der Waals surface area contributed by atoms with Gasteiger partial charge in [0, 0.05) is 25.4 Å². The molecule has 2 rings (SSSR count). The molecular formula is C14H22BrN5. The number of nitrogens with one attached hydrogen (secondary N) is 1. The molecule has 0 aliphatic rings. The van der Waals surface area contributed by atoms with E-state index in [2.05, 4.69) is 56.2 Å². The number of aromatic nitrogens is 4. The van der Waals surface area contributed by atoms with Crippen LogP contribution in [0.25, 0.3) is 0 Å². The zero-order chi connectivity index (χ0) is 14.7. The molecule has 0 aromatic carbocycles. The third-order valence-corrected chi connectivity index (χ3v) is 3.92. The van der Waals surface area contributed by atoms with Gasteiger partial charge in [-0.15, -0.1) is 0 Å². The van der Waals surface area contributed by atoms with Crippen LogP contribution in [0, 0.1) is 6.92 Å². The van der Waals surface area contributed by atoms with E-state index in [1.807, 2.05) is 24.9 Å². The number of aryl methyl sites for hydroxylation is 3.